The highest BCUT2D eigenvalue weighted by Gasteiger charge is 2.15. The molecule has 0 bridgehead atoms. The van der Waals surface area contributed by atoms with Crippen LogP contribution < -0.4 is 10.6 Å². The zero-order valence-electron chi connectivity index (χ0n) is 13.0. The Labute approximate surface area is 126 Å². The zero-order chi connectivity index (χ0) is 15.3. The van der Waals surface area contributed by atoms with Gasteiger partial charge in [0.15, 0.2) is 0 Å². The quantitative estimate of drug-likeness (QED) is 0.899. The SMILES string of the molecule is CC(C)(C)OC(=O)NCC=Cc1ccc2c(c1)CCNC2. The van der Waals surface area contributed by atoms with E-state index in [9.17, 15) is 4.79 Å². The number of carbonyl (C=O) groups is 1. The predicted molar refractivity (Wildman–Crippen MR) is 85.1 cm³/mol. The van der Waals surface area contributed by atoms with E-state index in [1.165, 1.54) is 16.7 Å². The molecular weight excluding hydrogens is 264 g/mol. The Morgan fingerprint density at radius 3 is 2.95 bits per heavy atom. The largest absolute Gasteiger partial charge is 0.444 e. The van der Waals surface area contributed by atoms with Crippen LogP contribution in [0.25, 0.3) is 6.08 Å². The summed E-state index contributed by atoms with van der Waals surface area (Å²) in [6.45, 7) is 8.02. The number of hydrogen-bond acceptors (Lipinski definition) is 3. The van der Waals surface area contributed by atoms with Crippen LogP contribution in [0.2, 0.25) is 0 Å². The third-order valence-corrected chi connectivity index (χ3v) is 3.19. The summed E-state index contributed by atoms with van der Waals surface area (Å²) < 4.78 is 5.17. The maximum Gasteiger partial charge on any atom is 0.407 e. The molecule has 0 saturated heterocycles. The van der Waals surface area contributed by atoms with Crippen molar-refractivity contribution in [3.63, 3.8) is 0 Å². The first-order valence-corrected chi connectivity index (χ1v) is 7.40. The fraction of sp³-hybridized carbons (Fsp3) is 0.471. The Morgan fingerprint density at radius 2 is 2.19 bits per heavy atom. The van der Waals surface area contributed by atoms with E-state index in [0.29, 0.717) is 6.54 Å². The molecule has 1 aromatic carbocycles. The molecule has 1 aromatic rings. The van der Waals surface area contributed by atoms with Crippen LogP contribution in [0.15, 0.2) is 24.3 Å². The molecule has 0 atom stereocenters. The van der Waals surface area contributed by atoms with Gasteiger partial charge in [0, 0.05) is 13.1 Å². The lowest BCUT2D eigenvalue weighted by molar-refractivity contribution is 0.0534. The standard InChI is InChI=1S/C17H24N2O2/c1-17(2,3)21-16(20)19-9-4-5-13-6-7-15-12-18-10-8-14(15)11-13/h4-7,11,18H,8-10,12H2,1-3H3,(H,19,20). The lowest BCUT2D eigenvalue weighted by Crippen LogP contribution is -2.32. The maximum atomic E-state index is 11.5. The summed E-state index contributed by atoms with van der Waals surface area (Å²) in [5.41, 5.74) is 3.50. The highest BCUT2D eigenvalue weighted by molar-refractivity contribution is 5.68. The van der Waals surface area contributed by atoms with Crippen molar-refractivity contribution in [3.05, 3.63) is 41.0 Å². The minimum Gasteiger partial charge on any atom is -0.444 e. The second-order valence-electron chi connectivity index (χ2n) is 6.24. The van der Waals surface area contributed by atoms with Gasteiger partial charge in [-0.05, 0) is 50.4 Å². The van der Waals surface area contributed by atoms with Gasteiger partial charge in [0.1, 0.15) is 5.60 Å². The number of rotatable bonds is 3. The predicted octanol–water partition coefficient (Wildman–Crippen LogP) is 2.87. The molecule has 4 nitrogen and oxygen atoms in total. The summed E-state index contributed by atoms with van der Waals surface area (Å²) >= 11 is 0. The summed E-state index contributed by atoms with van der Waals surface area (Å²) in [6.07, 6.45) is 4.66. The lowest BCUT2D eigenvalue weighted by Gasteiger charge is -2.19. The Bertz CT molecular complexity index is 530. The molecule has 1 heterocycles. The van der Waals surface area contributed by atoms with Crippen molar-refractivity contribution in [2.75, 3.05) is 13.1 Å². The van der Waals surface area contributed by atoms with Crippen LogP contribution >= 0.6 is 0 Å². The van der Waals surface area contributed by atoms with Crippen LogP contribution in [0.5, 0.6) is 0 Å². The molecule has 1 amide bonds. The molecule has 1 aliphatic heterocycles. The van der Waals surface area contributed by atoms with Crippen molar-refractivity contribution >= 4 is 12.2 Å². The Balaban J connectivity index is 1.83. The van der Waals surface area contributed by atoms with E-state index in [2.05, 4.69) is 28.8 Å². The van der Waals surface area contributed by atoms with Crippen molar-refractivity contribution in [2.45, 2.75) is 39.3 Å². The van der Waals surface area contributed by atoms with Crippen molar-refractivity contribution in [1.29, 1.82) is 0 Å². The molecular formula is C17H24N2O2. The van der Waals surface area contributed by atoms with Gasteiger partial charge in [0.2, 0.25) is 0 Å². The first kappa shape index (κ1) is 15.6. The van der Waals surface area contributed by atoms with E-state index in [1.54, 1.807) is 0 Å². The van der Waals surface area contributed by atoms with Crippen LogP contribution in [-0.2, 0) is 17.7 Å². The number of alkyl carbamates (subject to hydrolysis) is 1. The van der Waals surface area contributed by atoms with E-state index < -0.39 is 5.60 Å². The van der Waals surface area contributed by atoms with Gasteiger partial charge in [0.05, 0.1) is 0 Å². The average molecular weight is 288 g/mol. The number of ether oxygens (including phenoxy) is 1. The van der Waals surface area contributed by atoms with Crippen LogP contribution in [0.3, 0.4) is 0 Å². The lowest BCUT2D eigenvalue weighted by atomic mass is 9.98. The van der Waals surface area contributed by atoms with Crippen molar-refractivity contribution in [2.24, 2.45) is 0 Å². The fourth-order valence-corrected chi connectivity index (χ4v) is 2.25. The fourth-order valence-electron chi connectivity index (χ4n) is 2.25. The number of nitrogens with one attached hydrogen (secondary N) is 2. The van der Waals surface area contributed by atoms with Crippen LogP contribution in [0.1, 0.15) is 37.5 Å². The minimum absolute atomic E-state index is 0.385. The molecule has 0 aromatic heterocycles. The number of carbonyl (C=O) groups excluding carboxylic acids is 1. The van der Waals surface area contributed by atoms with E-state index >= 15 is 0 Å². The van der Waals surface area contributed by atoms with Crippen molar-refractivity contribution in [3.8, 4) is 0 Å². The molecule has 0 aliphatic carbocycles. The molecule has 1 aliphatic rings. The second-order valence-corrected chi connectivity index (χ2v) is 6.24. The molecule has 21 heavy (non-hydrogen) atoms. The van der Waals surface area contributed by atoms with Crippen LogP contribution in [0, 0.1) is 0 Å². The number of hydrogen-bond donors (Lipinski definition) is 2. The Hall–Kier alpha value is -1.81. The Kier molecular flexibility index (Phi) is 5.02. The van der Waals surface area contributed by atoms with E-state index in [1.807, 2.05) is 32.9 Å². The first-order valence-electron chi connectivity index (χ1n) is 7.40. The van der Waals surface area contributed by atoms with Gasteiger partial charge < -0.3 is 15.4 Å². The monoisotopic (exact) mass is 288 g/mol. The first-order chi connectivity index (χ1) is 9.94. The summed E-state index contributed by atoms with van der Waals surface area (Å²) in [6, 6.07) is 6.50. The highest BCUT2D eigenvalue weighted by atomic mass is 16.6. The normalized spacial score (nSPS) is 14.8. The number of benzene rings is 1. The van der Waals surface area contributed by atoms with Gasteiger partial charge in [-0.2, -0.15) is 0 Å². The molecule has 0 fully saturated rings. The maximum absolute atomic E-state index is 11.5. The summed E-state index contributed by atoms with van der Waals surface area (Å²) in [7, 11) is 0. The summed E-state index contributed by atoms with van der Waals surface area (Å²) in [5.74, 6) is 0. The zero-order valence-corrected chi connectivity index (χ0v) is 13.0. The molecule has 2 N–H and O–H groups in total. The van der Waals surface area contributed by atoms with Gasteiger partial charge >= 0.3 is 6.09 Å². The van der Waals surface area contributed by atoms with E-state index in [0.717, 1.165) is 19.5 Å². The van der Waals surface area contributed by atoms with Gasteiger partial charge in [-0.3, -0.25) is 0 Å². The van der Waals surface area contributed by atoms with Gasteiger partial charge in [0.25, 0.3) is 0 Å². The molecule has 2 rings (SSSR count). The van der Waals surface area contributed by atoms with Gasteiger partial charge in [-0.15, -0.1) is 0 Å². The molecule has 114 valence electrons. The Morgan fingerprint density at radius 1 is 1.38 bits per heavy atom. The molecule has 4 heteroatoms. The smallest absolute Gasteiger partial charge is 0.407 e. The second kappa shape index (κ2) is 6.76. The van der Waals surface area contributed by atoms with E-state index in [-0.39, 0.29) is 6.09 Å². The van der Waals surface area contributed by atoms with E-state index in [4.69, 9.17) is 4.74 Å². The van der Waals surface area contributed by atoms with Gasteiger partial charge in [-0.1, -0.05) is 30.4 Å². The highest BCUT2D eigenvalue weighted by Crippen LogP contribution is 2.16. The topological polar surface area (TPSA) is 50.4 Å². The third kappa shape index (κ3) is 5.23. The molecule has 0 unspecified atom stereocenters. The van der Waals surface area contributed by atoms with Crippen molar-refractivity contribution in [1.82, 2.24) is 10.6 Å². The minimum atomic E-state index is -0.458. The molecule has 0 spiro atoms. The third-order valence-electron chi connectivity index (χ3n) is 3.19. The number of amides is 1. The van der Waals surface area contributed by atoms with Crippen LogP contribution in [-0.4, -0.2) is 24.8 Å². The van der Waals surface area contributed by atoms with Gasteiger partial charge in [-0.25, -0.2) is 4.79 Å². The average Bonchev–Trinajstić information content (AvgIpc) is 2.41. The molecule has 0 radical (unpaired) electrons. The van der Waals surface area contributed by atoms with Crippen molar-refractivity contribution < 1.29 is 9.53 Å². The molecule has 0 saturated carbocycles. The number of fused-ring (bicyclic) bond motifs is 1. The van der Waals surface area contributed by atoms with Crippen LogP contribution in [0.4, 0.5) is 4.79 Å². The summed E-state index contributed by atoms with van der Waals surface area (Å²) in [5, 5.41) is 6.08. The summed E-state index contributed by atoms with van der Waals surface area (Å²) in [4.78, 5) is 11.5.